The summed E-state index contributed by atoms with van der Waals surface area (Å²) in [6.07, 6.45) is 4.81. The van der Waals surface area contributed by atoms with Gasteiger partial charge in [0, 0.05) is 11.8 Å². The van der Waals surface area contributed by atoms with Gasteiger partial charge in [0.25, 0.3) is 0 Å². The van der Waals surface area contributed by atoms with Crippen molar-refractivity contribution in [3.63, 3.8) is 0 Å². The van der Waals surface area contributed by atoms with Crippen molar-refractivity contribution in [2.45, 2.75) is 49.6 Å². The molecular weight excluding hydrogens is 288 g/mol. The molecule has 0 aromatic carbocycles. The molecule has 0 atom stereocenters. The van der Waals surface area contributed by atoms with Crippen LogP contribution >= 0.6 is 11.8 Å². The number of hydrazine groups is 1. The number of hydrogen-bond acceptors (Lipinski definition) is 8. The van der Waals surface area contributed by atoms with Gasteiger partial charge in [-0.25, -0.2) is 20.5 Å². The van der Waals surface area contributed by atoms with Gasteiger partial charge in [-0.3, -0.25) is 0 Å². The minimum atomic E-state index is 0.433. The van der Waals surface area contributed by atoms with E-state index in [1.807, 2.05) is 11.6 Å². The van der Waals surface area contributed by atoms with Crippen molar-refractivity contribution in [2.75, 3.05) is 5.43 Å². The van der Waals surface area contributed by atoms with Gasteiger partial charge in [-0.15, -0.1) is 5.10 Å². The zero-order valence-electron chi connectivity index (χ0n) is 11.9. The van der Waals surface area contributed by atoms with E-state index >= 15 is 0 Å². The molecule has 0 radical (unpaired) electrons. The van der Waals surface area contributed by atoms with Crippen LogP contribution in [0.25, 0.3) is 0 Å². The lowest BCUT2D eigenvalue weighted by molar-refractivity contribution is 0.423. The summed E-state index contributed by atoms with van der Waals surface area (Å²) < 4.78 is 1.94. The van der Waals surface area contributed by atoms with E-state index in [0.29, 0.717) is 23.4 Å². The smallest absolute Gasteiger partial charge is 0.210 e. The number of aryl methyl sites for hydroxylation is 1. The SMILES string of the molecule is Cc1cc(NN)nc(CSc2nnnn2C2CCCC2)n1. The maximum atomic E-state index is 5.40. The standard InChI is InChI=1S/C12H18N8S/c1-8-6-10(16-13)15-11(14-8)7-21-12-17-18-19-20(12)9-4-2-3-5-9/h6,9H,2-5,7,13H2,1H3,(H,14,15,16). The molecule has 8 nitrogen and oxygen atoms in total. The van der Waals surface area contributed by atoms with Crippen molar-refractivity contribution in [2.24, 2.45) is 5.84 Å². The summed E-state index contributed by atoms with van der Waals surface area (Å²) in [6, 6.07) is 2.23. The Bertz CT molecular complexity index is 607. The fourth-order valence-electron chi connectivity index (χ4n) is 2.56. The molecule has 2 aromatic rings. The monoisotopic (exact) mass is 306 g/mol. The largest absolute Gasteiger partial charge is 0.308 e. The van der Waals surface area contributed by atoms with Gasteiger partial charge >= 0.3 is 0 Å². The Kier molecular flexibility index (Phi) is 4.30. The number of nitrogens with zero attached hydrogens (tertiary/aromatic N) is 6. The van der Waals surface area contributed by atoms with Crippen LogP contribution < -0.4 is 11.3 Å². The first kappa shape index (κ1) is 14.2. The molecule has 0 amide bonds. The van der Waals surface area contributed by atoms with Crippen molar-refractivity contribution in [1.29, 1.82) is 0 Å². The highest BCUT2D eigenvalue weighted by Crippen LogP contribution is 2.31. The first-order valence-electron chi connectivity index (χ1n) is 6.98. The van der Waals surface area contributed by atoms with E-state index in [-0.39, 0.29) is 0 Å². The highest BCUT2D eigenvalue weighted by Gasteiger charge is 2.21. The number of tetrazole rings is 1. The molecule has 0 aliphatic heterocycles. The second-order valence-corrected chi connectivity index (χ2v) is 6.03. The summed E-state index contributed by atoms with van der Waals surface area (Å²) >= 11 is 1.55. The van der Waals surface area contributed by atoms with Crippen LogP contribution in [-0.2, 0) is 5.75 Å². The summed E-state index contributed by atoms with van der Waals surface area (Å²) in [7, 11) is 0. The van der Waals surface area contributed by atoms with E-state index in [1.165, 1.54) is 12.8 Å². The van der Waals surface area contributed by atoms with Crippen LogP contribution in [0.15, 0.2) is 11.2 Å². The topological polar surface area (TPSA) is 107 Å². The fraction of sp³-hybridized carbons (Fsp3) is 0.583. The third kappa shape index (κ3) is 3.30. The highest BCUT2D eigenvalue weighted by molar-refractivity contribution is 7.98. The number of nitrogen functional groups attached to an aromatic ring is 1. The van der Waals surface area contributed by atoms with Gasteiger partial charge in [0.1, 0.15) is 11.6 Å². The van der Waals surface area contributed by atoms with Crippen LogP contribution in [-0.4, -0.2) is 30.2 Å². The van der Waals surface area contributed by atoms with Gasteiger partial charge in [0.2, 0.25) is 5.16 Å². The molecular formula is C12H18N8S. The molecule has 1 aliphatic rings. The first-order chi connectivity index (χ1) is 10.3. The van der Waals surface area contributed by atoms with Gasteiger partial charge in [-0.2, -0.15) is 0 Å². The summed E-state index contributed by atoms with van der Waals surface area (Å²) in [5.74, 6) is 7.35. The number of rotatable bonds is 5. The zero-order chi connectivity index (χ0) is 14.7. The molecule has 112 valence electrons. The summed E-state index contributed by atoms with van der Waals surface area (Å²) in [5, 5.41) is 12.9. The predicted molar refractivity (Wildman–Crippen MR) is 79.5 cm³/mol. The molecule has 3 rings (SSSR count). The molecule has 0 saturated heterocycles. The average molecular weight is 306 g/mol. The number of thioether (sulfide) groups is 1. The number of aromatic nitrogens is 6. The third-order valence-corrected chi connectivity index (χ3v) is 4.44. The Morgan fingerprint density at radius 1 is 1.38 bits per heavy atom. The van der Waals surface area contributed by atoms with Crippen molar-refractivity contribution in [1.82, 2.24) is 30.2 Å². The van der Waals surface area contributed by atoms with Gasteiger partial charge in [-0.1, -0.05) is 24.6 Å². The van der Waals surface area contributed by atoms with Crippen LogP contribution in [0.5, 0.6) is 0 Å². The number of hydrogen-bond donors (Lipinski definition) is 2. The van der Waals surface area contributed by atoms with Crippen molar-refractivity contribution < 1.29 is 0 Å². The number of nitrogens with one attached hydrogen (secondary N) is 1. The number of anilines is 1. The minimum Gasteiger partial charge on any atom is -0.308 e. The molecule has 1 aliphatic carbocycles. The fourth-order valence-corrected chi connectivity index (χ4v) is 3.36. The molecule has 9 heteroatoms. The van der Waals surface area contributed by atoms with Gasteiger partial charge in [-0.05, 0) is 30.2 Å². The second-order valence-electron chi connectivity index (χ2n) is 5.09. The Morgan fingerprint density at radius 3 is 2.95 bits per heavy atom. The van der Waals surface area contributed by atoms with Crippen molar-refractivity contribution in [3.8, 4) is 0 Å². The Labute approximate surface area is 126 Å². The van der Waals surface area contributed by atoms with Crippen LogP contribution in [0.2, 0.25) is 0 Å². The predicted octanol–water partition coefficient (Wildman–Crippen LogP) is 1.46. The summed E-state index contributed by atoms with van der Waals surface area (Å²) in [4.78, 5) is 8.74. The molecule has 0 unspecified atom stereocenters. The van der Waals surface area contributed by atoms with Crippen LogP contribution in [0.1, 0.15) is 43.2 Å². The van der Waals surface area contributed by atoms with Gasteiger partial charge < -0.3 is 5.43 Å². The summed E-state index contributed by atoms with van der Waals surface area (Å²) in [6.45, 7) is 1.92. The Balaban J connectivity index is 1.70. The first-order valence-corrected chi connectivity index (χ1v) is 7.96. The lowest BCUT2D eigenvalue weighted by atomic mass is 10.3. The molecule has 1 saturated carbocycles. The lowest BCUT2D eigenvalue weighted by Gasteiger charge is -2.10. The van der Waals surface area contributed by atoms with Gasteiger partial charge in [0.15, 0.2) is 0 Å². The third-order valence-electron chi connectivity index (χ3n) is 3.51. The Morgan fingerprint density at radius 2 is 2.19 bits per heavy atom. The Hall–Kier alpha value is -1.74. The maximum absolute atomic E-state index is 5.40. The van der Waals surface area contributed by atoms with Crippen molar-refractivity contribution >= 4 is 17.6 Å². The quantitative estimate of drug-likeness (QED) is 0.485. The van der Waals surface area contributed by atoms with Crippen LogP contribution in [0.4, 0.5) is 5.82 Å². The summed E-state index contributed by atoms with van der Waals surface area (Å²) in [5.41, 5.74) is 3.43. The molecule has 21 heavy (non-hydrogen) atoms. The van der Waals surface area contributed by atoms with Crippen molar-refractivity contribution in [3.05, 3.63) is 17.6 Å². The lowest BCUT2D eigenvalue weighted by Crippen LogP contribution is -2.11. The normalized spacial score (nSPS) is 15.5. The minimum absolute atomic E-state index is 0.433. The molecule has 0 spiro atoms. The number of nitrogens with two attached hydrogens (primary N) is 1. The van der Waals surface area contributed by atoms with E-state index in [2.05, 4.69) is 30.9 Å². The van der Waals surface area contributed by atoms with E-state index in [9.17, 15) is 0 Å². The molecule has 2 heterocycles. The van der Waals surface area contributed by atoms with E-state index in [1.54, 1.807) is 17.8 Å². The maximum Gasteiger partial charge on any atom is 0.210 e. The van der Waals surface area contributed by atoms with Crippen LogP contribution in [0, 0.1) is 6.92 Å². The zero-order valence-corrected chi connectivity index (χ0v) is 12.7. The van der Waals surface area contributed by atoms with Crippen LogP contribution in [0.3, 0.4) is 0 Å². The highest BCUT2D eigenvalue weighted by atomic mass is 32.2. The van der Waals surface area contributed by atoms with E-state index in [0.717, 1.165) is 23.7 Å². The molecule has 1 fully saturated rings. The molecule has 3 N–H and O–H groups in total. The average Bonchev–Trinajstić information content (AvgIpc) is 3.15. The van der Waals surface area contributed by atoms with E-state index in [4.69, 9.17) is 5.84 Å². The van der Waals surface area contributed by atoms with Gasteiger partial charge in [0.05, 0.1) is 11.8 Å². The molecule has 2 aromatic heterocycles. The van der Waals surface area contributed by atoms with E-state index < -0.39 is 0 Å². The molecule has 0 bridgehead atoms. The second kappa shape index (κ2) is 6.35.